The molecule has 3 heterocycles. The van der Waals surface area contributed by atoms with Gasteiger partial charge in [-0.05, 0) is 188 Å². The highest BCUT2D eigenvalue weighted by molar-refractivity contribution is 6.02. The molecule has 0 amide bonds. The normalized spacial score (nSPS) is 16.7. The maximum absolute atomic E-state index is 12.1. The number of nitrogens with zero attached hydrogens (tertiary/aromatic N) is 3. The van der Waals surface area contributed by atoms with E-state index in [1.807, 2.05) is 57.4 Å². The predicted octanol–water partition coefficient (Wildman–Crippen LogP) is 14.7. The van der Waals surface area contributed by atoms with Crippen molar-refractivity contribution in [3.05, 3.63) is 191 Å². The van der Waals surface area contributed by atoms with Crippen LogP contribution in [0.15, 0.2) is 158 Å². The molecule has 10 heteroatoms. The molecule has 2 saturated carbocycles. The number of hydrogen-bond acceptors (Lipinski definition) is 8. The lowest BCUT2D eigenvalue weighted by atomic mass is 9.73. The van der Waals surface area contributed by atoms with Gasteiger partial charge in [0.1, 0.15) is 23.7 Å². The Labute approximate surface area is 442 Å². The van der Waals surface area contributed by atoms with Crippen LogP contribution in [0.25, 0.3) is 44.1 Å². The van der Waals surface area contributed by atoms with Crippen molar-refractivity contribution in [3.8, 4) is 11.5 Å². The summed E-state index contributed by atoms with van der Waals surface area (Å²) in [5, 5.41) is 14.3. The number of carbonyl (C=O) groups excluding carboxylic acids is 1. The molecular weight excluding hydrogens is 931 g/mol. The zero-order valence-electron chi connectivity index (χ0n) is 43.8. The first-order chi connectivity index (χ1) is 36.7. The number of fused-ring (bicyclic) bond motifs is 2. The zero-order valence-corrected chi connectivity index (χ0v) is 43.8. The van der Waals surface area contributed by atoms with Gasteiger partial charge < -0.3 is 24.7 Å². The summed E-state index contributed by atoms with van der Waals surface area (Å²) >= 11 is 0. The Morgan fingerprint density at radius 2 is 1.19 bits per heavy atom. The van der Waals surface area contributed by atoms with Gasteiger partial charge >= 0.3 is 5.97 Å². The summed E-state index contributed by atoms with van der Waals surface area (Å²) < 4.78 is 25.3. The van der Waals surface area contributed by atoms with Gasteiger partial charge in [-0.25, -0.2) is 4.68 Å². The molecular formula is C65H71N5O5. The number of aromatic nitrogens is 4. The minimum absolute atomic E-state index is 0.00801. The summed E-state index contributed by atoms with van der Waals surface area (Å²) in [6, 6.07) is 51.9. The topological polar surface area (TPSA) is 127 Å². The highest BCUT2D eigenvalue weighted by atomic mass is 16.6. The van der Waals surface area contributed by atoms with Gasteiger partial charge in [-0.15, -0.1) is 0 Å². The van der Waals surface area contributed by atoms with E-state index in [1.54, 1.807) is 0 Å². The summed E-state index contributed by atoms with van der Waals surface area (Å²) in [7, 11) is 0. The molecule has 75 heavy (non-hydrogen) atoms. The number of H-pyrrole nitrogens is 1. The van der Waals surface area contributed by atoms with E-state index < -0.39 is 5.60 Å². The smallest absolute Gasteiger partial charge is 0.306 e. The van der Waals surface area contributed by atoms with Gasteiger partial charge in [0, 0.05) is 30.3 Å². The summed E-state index contributed by atoms with van der Waals surface area (Å²) in [6.07, 6.45) is 15.6. The molecule has 6 aromatic carbocycles. The predicted molar refractivity (Wildman–Crippen MR) is 302 cm³/mol. The largest absolute Gasteiger partial charge is 0.494 e. The number of allylic oxidation sites excluding steroid dienone is 2. The van der Waals surface area contributed by atoms with Crippen LogP contribution >= 0.6 is 0 Å². The Morgan fingerprint density at radius 1 is 0.627 bits per heavy atom. The molecule has 386 valence electrons. The number of ether oxygens (including phenoxy) is 4. The number of rotatable bonds is 17. The van der Waals surface area contributed by atoms with Crippen LogP contribution in [0.1, 0.15) is 131 Å². The van der Waals surface area contributed by atoms with Crippen molar-refractivity contribution in [1.29, 1.82) is 0 Å². The van der Waals surface area contributed by atoms with Crippen molar-refractivity contribution >= 4 is 50.1 Å². The van der Waals surface area contributed by atoms with Crippen LogP contribution in [0.5, 0.6) is 11.5 Å². The minimum Gasteiger partial charge on any atom is -0.494 e. The van der Waals surface area contributed by atoms with E-state index in [-0.39, 0.29) is 12.2 Å². The van der Waals surface area contributed by atoms with E-state index in [9.17, 15) is 4.79 Å². The average molecular weight is 1000 g/mol. The first kappa shape index (κ1) is 51.2. The molecule has 8 aromatic rings. The Kier molecular flexibility index (Phi) is 16.4. The lowest BCUT2D eigenvalue weighted by molar-refractivity contribution is -0.155. The zero-order chi connectivity index (χ0) is 51.6. The molecule has 0 radical (unpaired) electrons. The van der Waals surface area contributed by atoms with E-state index >= 15 is 0 Å². The van der Waals surface area contributed by atoms with E-state index in [1.165, 1.54) is 101 Å². The van der Waals surface area contributed by atoms with Gasteiger partial charge in [-0.2, -0.15) is 10.2 Å². The van der Waals surface area contributed by atoms with Gasteiger partial charge in [-0.3, -0.25) is 9.89 Å². The Morgan fingerprint density at radius 3 is 1.72 bits per heavy atom. The molecule has 3 aliphatic rings. The highest BCUT2D eigenvalue weighted by Crippen LogP contribution is 2.47. The number of nitrogens with one attached hydrogen (secondary N) is 1. The molecule has 1 atom stereocenters. The lowest BCUT2D eigenvalue weighted by Gasteiger charge is -2.31. The van der Waals surface area contributed by atoms with Crippen LogP contribution in [0.4, 0.5) is 0 Å². The number of esters is 1. The van der Waals surface area contributed by atoms with Crippen LogP contribution in [-0.2, 0) is 14.3 Å². The molecule has 1 saturated heterocycles. The summed E-state index contributed by atoms with van der Waals surface area (Å²) in [4.78, 5) is 12.1. The quantitative estimate of drug-likeness (QED) is 0.0525. The molecule has 11 rings (SSSR count). The number of aromatic amines is 1. The number of benzene rings is 6. The monoisotopic (exact) mass is 1000 g/mol. The second kappa shape index (κ2) is 23.9. The molecule has 10 nitrogen and oxygen atoms in total. The van der Waals surface area contributed by atoms with Crippen molar-refractivity contribution in [3.63, 3.8) is 0 Å². The van der Waals surface area contributed by atoms with E-state index in [0.29, 0.717) is 44.4 Å². The summed E-state index contributed by atoms with van der Waals surface area (Å²) in [5.74, 6) is 2.55. The molecule has 2 aliphatic carbocycles. The van der Waals surface area contributed by atoms with Crippen LogP contribution in [0.2, 0.25) is 0 Å². The van der Waals surface area contributed by atoms with Crippen LogP contribution < -0.4 is 15.2 Å². The molecule has 1 aliphatic heterocycles. The van der Waals surface area contributed by atoms with Gasteiger partial charge in [-0.1, -0.05) is 110 Å². The summed E-state index contributed by atoms with van der Waals surface area (Å²) in [5.41, 5.74) is 20.1. The molecule has 0 bridgehead atoms. The van der Waals surface area contributed by atoms with Crippen LogP contribution in [-0.4, -0.2) is 57.9 Å². The molecule has 3 N–H and O–H groups in total. The van der Waals surface area contributed by atoms with Gasteiger partial charge in [0.15, 0.2) is 6.23 Å². The number of hydrogen-bond donors (Lipinski definition) is 2. The molecule has 3 fully saturated rings. The fourth-order valence-corrected chi connectivity index (χ4v) is 10.6. The molecule has 0 spiro atoms. The van der Waals surface area contributed by atoms with E-state index in [2.05, 4.69) is 136 Å². The number of nitrogens with two attached hydrogens (primary N) is 1. The Balaban J connectivity index is 0.000000181. The SMILES string of the molecule is CC(C)(C)OC(=O)CCCOc1ccc(/C(=C(\c2ccccc2)C2CCC2)c2ccc3c(cnn3C3CCCCO3)c2)cc1.NCCOc1ccc(/C(=C(\c2ccccc2)C2CCC2)c2ccc3[nH]ncc3c2)cc1. The van der Waals surface area contributed by atoms with Crippen LogP contribution in [0.3, 0.4) is 0 Å². The third-order valence-corrected chi connectivity index (χ3v) is 14.7. The number of carbonyl (C=O) groups is 1. The third kappa shape index (κ3) is 12.5. The highest BCUT2D eigenvalue weighted by Gasteiger charge is 2.29. The second-order valence-corrected chi connectivity index (χ2v) is 21.1. The third-order valence-electron chi connectivity index (χ3n) is 14.7. The van der Waals surface area contributed by atoms with Gasteiger partial charge in [0.05, 0.1) is 30.0 Å². The van der Waals surface area contributed by atoms with Gasteiger partial charge in [0.25, 0.3) is 0 Å². The fourth-order valence-electron chi connectivity index (χ4n) is 10.6. The fraction of sp³-hybridized carbons (Fsp3) is 0.338. The van der Waals surface area contributed by atoms with Crippen molar-refractivity contribution in [2.24, 2.45) is 17.6 Å². The maximum Gasteiger partial charge on any atom is 0.306 e. The van der Waals surface area contributed by atoms with E-state index in [0.717, 1.165) is 52.8 Å². The minimum atomic E-state index is -0.466. The lowest BCUT2D eigenvalue weighted by Crippen LogP contribution is -2.23. The standard InChI is InChI=1S/C38H44N2O4.C27H27N3O/c1-38(2,3)44-35(41)16-10-24-42-32-20-17-29(18-21-32)37(36(28-13-9-14-28)27-11-5-4-6-12-27)30-19-22-33-31(25-30)26-39-40(33)34-15-7-8-23-43-34;28-15-16-31-24-12-9-21(10-13-24)27(22-11-14-25-23(17-22)18-29-30-25)26(20-7-4-8-20)19-5-2-1-3-6-19/h4-6,11-12,17-22,25-26,28,34H,7-10,13-16,23-24H2,1-3H3;1-3,5-6,9-14,17-18,20H,4,7-8,15-16,28H2,(H,29,30)/b37-36-;27-26-. The average Bonchev–Trinajstić information content (AvgIpc) is 4.07. The van der Waals surface area contributed by atoms with Crippen LogP contribution in [0, 0.1) is 11.8 Å². The van der Waals surface area contributed by atoms with Gasteiger partial charge in [0.2, 0.25) is 0 Å². The Bertz CT molecular complexity index is 3210. The van der Waals surface area contributed by atoms with E-state index in [4.69, 9.17) is 29.8 Å². The maximum atomic E-state index is 12.1. The molecule has 2 aromatic heterocycles. The first-order valence-corrected chi connectivity index (χ1v) is 27.2. The van der Waals surface area contributed by atoms with Crippen molar-refractivity contribution < 1.29 is 23.7 Å². The van der Waals surface area contributed by atoms with Crippen molar-refractivity contribution in [2.75, 3.05) is 26.4 Å². The summed E-state index contributed by atoms with van der Waals surface area (Å²) in [6.45, 7) is 7.95. The Hall–Kier alpha value is -7.27. The molecule has 1 unspecified atom stereocenters. The van der Waals surface area contributed by atoms with Crippen molar-refractivity contribution in [1.82, 2.24) is 20.0 Å². The van der Waals surface area contributed by atoms with Crippen molar-refractivity contribution in [2.45, 2.75) is 103 Å². The first-order valence-electron chi connectivity index (χ1n) is 27.2. The second-order valence-electron chi connectivity index (χ2n) is 21.1.